The van der Waals surface area contributed by atoms with Crippen molar-refractivity contribution in [3.8, 4) is 0 Å². The second kappa shape index (κ2) is 9.60. The van der Waals surface area contributed by atoms with E-state index in [0.29, 0.717) is 18.9 Å². The van der Waals surface area contributed by atoms with Gasteiger partial charge in [-0.3, -0.25) is 4.79 Å². The second-order valence-electron chi connectivity index (χ2n) is 3.13. The van der Waals surface area contributed by atoms with E-state index in [0.717, 1.165) is 25.7 Å². The fourth-order valence-corrected chi connectivity index (χ4v) is 1.77. The molecule has 0 aliphatic heterocycles. The van der Waals surface area contributed by atoms with Gasteiger partial charge in [0.15, 0.2) is 0 Å². The Balaban J connectivity index is 3.24. The number of carbonyl (C=O) groups is 1. The summed E-state index contributed by atoms with van der Waals surface area (Å²) in [4.78, 5) is 10.9. The lowest BCUT2D eigenvalue weighted by Gasteiger charge is -2.06. The number of unbranched alkanes of at least 4 members (excludes halogenated alkanes) is 1. The van der Waals surface area contributed by atoms with E-state index in [1.165, 1.54) is 0 Å². The maximum atomic E-state index is 10.9. The molecular weight excluding hydrogens is 223 g/mol. The number of hydrogen-bond donors (Lipinski definition) is 0. The van der Waals surface area contributed by atoms with Gasteiger partial charge in [-0.15, -0.1) is 23.2 Å². The Morgan fingerprint density at radius 3 is 2.64 bits per heavy atom. The average molecular weight is 241 g/mol. The Bertz CT molecular complexity index is 151. The highest BCUT2D eigenvalue weighted by molar-refractivity contribution is 6.22. The molecule has 1 atom stereocenters. The molecule has 0 aromatic rings. The molecule has 0 spiro atoms. The zero-order valence-electron chi connectivity index (χ0n) is 8.60. The summed E-state index contributed by atoms with van der Waals surface area (Å²) >= 11 is 11.5. The topological polar surface area (TPSA) is 26.3 Å². The normalized spacial score (nSPS) is 12.5. The summed E-state index contributed by atoms with van der Waals surface area (Å²) in [6.45, 7) is 2.27. The predicted molar refractivity (Wildman–Crippen MR) is 60.1 cm³/mol. The summed E-state index contributed by atoms with van der Waals surface area (Å²) in [6.07, 6.45) is 4.07. The summed E-state index contributed by atoms with van der Waals surface area (Å²) in [6, 6.07) is 0. The van der Waals surface area contributed by atoms with E-state index in [4.69, 9.17) is 27.9 Å². The summed E-state index contributed by atoms with van der Waals surface area (Å²) in [7, 11) is 0. The Kier molecular flexibility index (Phi) is 9.63. The van der Waals surface area contributed by atoms with Crippen LogP contribution in [0.3, 0.4) is 0 Å². The SMILES string of the molecule is CCOC(=O)CCCCC(Cl)CCCl. The van der Waals surface area contributed by atoms with Crippen LogP contribution in [0.5, 0.6) is 0 Å². The number of esters is 1. The minimum atomic E-state index is -0.115. The quantitative estimate of drug-likeness (QED) is 0.370. The van der Waals surface area contributed by atoms with Gasteiger partial charge in [0.1, 0.15) is 0 Å². The number of halogens is 2. The van der Waals surface area contributed by atoms with Crippen LogP contribution in [0, 0.1) is 0 Å². The standard InChI is InChI=1S/C10H18Cl2O2/c1-2-14-10(13)6-4-3-5-9(12)7-8-11/h9H,2-8H2,1H3. The molecule has 0 aromatic heterocycles. The van der Waals surface area contributed by atoms with Crippen LogP contribution >= 0.6 is 23.2 Å². The third kappa shape index (κ3) is 8.64. The van der Waals surface area contributed by atoms with Crippen LogP contribution in [0.4, 0.5) is 0 Å². The van der Waals surface area contributed by atoms with Crippen molar-refractivity contribution in [2.24, 2.45) is 0 Å². The van der Waals surface area contributed by atoms with Crippen LogP contribution in [0.1, 0.15) is 39.0 Å². The van der Waals surface area contributed by atoms with Crippen molar-refractivity contribution in [1.29, 1.82) is 0 Å². The Morgan fingerprint density at radius 1 is 1.36 bits per heavy atom. The summed E-state index contributed by atoms with van der Waals surface area (Å²) in [5, 5.41) is 0.148. The molecular formula is C10H18Cl2O2. The summed E-state index contributed by atoms with van der Waals surface area (Å²) in [5.41, 5.74) is 0. The average Bonchev–Trinajstić information content (AvgIpc) is 2.13. The molecule has 0 N–H and O–H groups in total. The third-order valence-electron chi connectivity index (χ3n) is 1.88. The van der Waals surface area contributed by atoms with Gasteiger partial charge in [-0.25, -0.2) is 0 Å². The first kappa shape index (κ1) is 14.1. The highest BCUT2D eigenvalue weighted by Gasteiger charge is 2.05. The first-order chi connectivity index (χ1) is 6.70. The molecule has 0 aromatic carbocycles. The van der Waals surface area contributed by atoms with Gasteiger partial charge >= 0.3 is 5.97 Å². The molecule has 14 heavy (non-hydrogen) atoms. The number of rotatable bonds is 8. The van der Waals surface area contributed by atoms with E-state index < -0.39 is 0 Å². The molecule has 2 nitrogen and oxygen atoms in total. The number of hydrogen-bond acceptors (Lipinski definition) is 2. The minimum absolute atomic E-state index is 0.115. The number of ether oxygens (including phenoxy) is 1. The highest BCUT2D eigenvalue weighted by Crippen LogP contribution is 2.13. The third-order valence-corrected chi connectivity index (χ3v) is 2.53. The first-order valence-electron chi connectivity index (χ1n) is 5.06. The van der Waals surface area contributed by atoms with Gasteiger partial charge < -0.3 is 4.74 Å². The molecule has 0 fully saturated rings. The lowest BCUT2D eigenvalue weighted by Crippen LogP contribution is -2.04. The van der Waals surface area contributed by atoms with E-state index in [2.05, 4.69) is 0 Å². The molecule has 0 amide bonds. The van der Waals surface area contributed by atoms with Gasteiger partial charge in [-0.05, 0) is 26.2 Å². The fourth-order valence-electron chi connectivity index (χ4n) is 1.13. The van der Waals surface area contributed by atoms with Gasteiger partial charge in [0, 0.05) is 17.7 Å². The van der Waals surface area contributed by atoms with E-state index >= 15 is 0 Å². The monoisotopic (exact) mass is 240 g/mol. The second-order valence-corrected chi connectivity index (χ2v) is 4.12. The summed E-state index contributed by atoms with van der Waals surface area (Å²) < 4.78 is 4.80. The van der Waals surface area contributed by atoms with Crippen LogP contribution in [0.15, 0.2) is 0 Å². The van der Waals surface area contributed by atoms with Crippen LogP contribution in [-0.4, -0.2) is 23.8 Å². The molecule has 0 radical (unpaired) electrons. The number of alkyl halides is 2. The minimum Gasteiger partial charge on any atom is -0.466 e. The van der Waals surface area contributed by atoms with Crippen molar-refractivity contribution >= 4 is 29.2 Å². The molecule has 0 saturated carbocycles. The largest absolute Gasteiger partial charge is 0.466 e. The van der Waals surface area contributed by atoms with Crippen LogP contribution < -0.4 is 0 Å². The molecule has 4 heteroatoms. The zero-order chi connectivity index (χ0) is 10.8. The molecule has 0 aliphatic carbocycles. The molecule has 0 bridgehead atoms. The van der Waals surface area contributed by atoms with Crippen LogP contribution in [0.2, 0.25) is 0 Å². The van der Waals surface area contributed by atoms with Crippen molar-refractivity contribution in [2.45, 2.75) is 44.4 Å². The van der Waals surface area contributed by atoms with Gasteiger partial charge in [-0.2, -0.15) is 0 Å². The van der Waals surface area contributed by atoms with Gasteiger partial charge in [0.25, 0.3) is 0 Å². The highest BCUT2D eigenvalue weighted by atomic mass is 35.5. The van der Waals surface area contributed by atoms with Crippen LogP contribution in [-0.2, 0) is 9.53 Å². The van der Waals surface area contributed by atoms with Crippen molar-refractivity contribution in [2.75, 3.05) is 12.5 Å². The van der Waals surface area contributed by atoms with E-state index in [9.17, 15) is 4.79 Å². The zero-order valence-corrected chi connectivity index (χ0v) is 10.1. The van der Waals surface area contributed by atoms with Gasteiger partial charge in [0.05, 0.1) is 6.61 Å². The van der Waals surface area contributed by atoms with Crippen LogP contribution in [0.25, 0.3) is 0 Å². The first-order valence-corrected chi connectivity index (χ1v) is 6.03. The molecule has 84 valence electrons. The Labute approximate surface area is 95.9 Å². The molecule has 1 unspecified atom stereocenters. The van der Waals surface area contributed by atoms with E-state index in [1.807, 2.05) is 6.92 Å². The summed E-state index contributed by atoms with van der Waals surface area (Å²) in [5.74, 6) is 0.488. The smallest absolute Gasteiger partial charge is 0.305 e. The van der Waals surface area contributed by atoms with Gasteiger partial charge in [-0.1, -0.05) is 6.42 Å². The maximum absolute atomic E-state index is 10.9. The predicted octanol–water partition coefficient (Wildman–Crippen LogP) is 3.35. The van der Waals surface area contributed by atoms with Crippen molar-refractivity contribution in [3.63, 3.8) is 0 Å². The van der Waals surface area contributed by atoms with Crippen molar-refractivity contribution < 1.29 is 9.53 Å². The molecule has 0 saturated heterocycles. The van der Waals surface area contributed by atoms with E-state index in [1.54, 1.807) is 0 Å². The Hall–Kier alpha value is 0.0500. The Morgan fingerprint density at radius 2 is 2.07 bits per heavy atom. The van der Waals surface area contributed by atoms with Gasteiger partial charge in [0.2, 0.25) is 0 Å². The molecule has 0 rings (SSSR count). The van der Waals surface area contributed by atoms with Crippen molar-refractivity contribution in [3.05, 3.63) is 0 Å². The molecule has 0 heterocycles. The molecule has 0 aliphatic rings. The fraction of sp³-hybridized carbons (Fsp3) is 0.900. The lowest BCUT2D eigenvalue weighted by molar-refractivity contribution is -0.143. The maximum Gasteiger partial charge on any atom is 0.305 e. The number of carbonyl (C=O) groups excluding carboxylic acids is 1. The van der Waals surface area contributed by atoms with E-state index in [-0.39, 0.29) is 11.3 Å². The van der Waals surface area contributed by atoms with Crippen molar-refractivity contribution in [1.82, 2.24) is 0 Å². The lowest BCUT2D eigenvalue weighted by atomic mass is 10.1.